The molecule has 7 nitrogen and oxygen atoms in total. The highest BCUT2D eigenvalue weighted by atomic mass is 35.5. The van der Waals surface area contributed by atoms with Gasteiger partial charge in [-0.2, -0.15) is 13.2 Å². The summed E-state index contributed by atoms with van der Waals surface area (Å²) >= 11 is 5.99. The number of alkyl halides is 3. The van der Waals surface area contributed by atoms with E-state index in [9.17, 15) is 13.2 Å². The fraction of sp³-hybridized carbons (Fsp3) is 0.133. The molecule has 0 aliphatic heterocycles. The molecule has 134 valence electrons. The van der Waals surface area contributed by atoms with Crippen LogP contribution >= 0.6 is 11.6 Å². The molecule has 0 spiro atoms. The van der Waals surface area contributed by atoms with E-state index < -0.39 is 12.0 Å². The van der Waals surface area contributed by atoms with Gasteiger partial charge in [-0.1, -0.05) is 11.6 Å². The van der Waals surface area contributed by atoms with Crippen LogP contribution in [0.5, 0.6) is 0 Å². The molecule has 26 heavy (non-hydrogen) atoms. The van der Waals surface area contributed by atoms with Crippen molar-refractivity contribution in [2.45, 2.75) is 12.7 Å². The van der Waals surface area contributed by atoms with Crippen LogP contribution in [0.3, 0.4) is 0 Å². The monoisotopic (exact) mass is 381 g/mol. The molecule has 3 N–H and O–H groups in total. The zero-order valence-electron chi connectivity index (χ0n) is 13.0. The molecule has 3 aromatic rings. The Bertz CT molecular complexity index is 924. The van der Waals surface area contributed by atoms with E-state index in [1.165, 1.54) is 18.5 Å². The summed E-state index contributed by atoms with van der Waals surface area (Å²) in [6, 6.07) is 4.61. The minimum Gasteiger partial charge on any atom is -0.380 e. The lowest BCUT2D eigenvalue weighted by molar-refractivity contribution is -0.144. The van der Waals surface area contributed by atoms with Gasteiger partial charge in [0.15, 0.2) is 5.82 Å². The number of rotatable bonds is 5. The maximum absolute atomic E-state index is 12.7. The Hall–Kier alpha value is -3.01. The predicted molar refractivity (Wildman–Crippen MR) is 88.1 cm³/mol. The second-order valence-electron chi connectivity index (χ2n) is 5.17. The Morgan fingerprint density at radius 1 is 1.23 bits per heavy atom. The summed E-state index contributed by atoms with van der Waals surface area (Å²) in [5.74, 6) is -1.63. The maximum Gasteiger partial charge on any atom is 0.453 e. The summed E-state index contributed by atoms with van der Waals surface area (Å²) in [6.07, 6.45) is -0.0707. The fourth-order valence-corrected chi connectivity index (χ4v) is 2.30. The summed E-state index contributed by atoms with van der Waals surface area (Å²) < 4.78 is 38.0. The van der Waals surface area contributed by atoms with Crippen molar-refractivity contribution in [3.05, 3.63) is 64.7 Å². The summed E-state index contributed by atoms with van der Waals surface area (Å²) in [7, 11) is 0. The normalized spacial score (nSPS) is 11.4. The van der Waals surface area contributed by atoms with E-state index >= 15 is 0 Å². The highest BCUT2D eigenvalue weighted by Gasteiger charge is 2.36. The Labute approximate surface area is 150 Å². The maximum atomic E-state index is 12.7. The lowest BCUT2D eigenvalue weighted by Gasteiger charge is -2.12. The van der Waals surface area contributed by atoms with Crippen LogP contribution in [0.2, 0.25) is 5.02 Å². The molecule has 1 aromatic carbocycles. The van der Waals surface area contributed by atoms with Crippen LogP contribution in [0.4, 0.5) is 18.9 Å². The number of anilines is 1. The van der Waals surface area contributed by atoms with Gasteiger partial charge in [0.1, 0.15) is 12.0 Å². The predicted octanol–water partition coefficient (Wildman–Crippen LogP) is 3.30. The lowest BCUT2D eigenvalue weighted by Crippen LogP contribution is -2.11. The Kier molecular flexibility index (Phi) is 4.85. The van der Waals surface area contributed by atoms with Crippen molar-refractivity contribution in [1.29, 1.82) is 5.41 Å². The molecule has 2 heterocycles. The van der Waals surface area contributed by atoms with Crippen molar-refractivity contribution in [2.24, 2.45) is 0 Å². The fourth-order valence-electron chi connectivity index (χ4n) is 2.13. The zero-order valence-corrected chi connectivity index (χ0v) is 13.7. The van der Waals surface area contributed by atoms with Crippen LogP contribution in [-0.4, -0.2) is 30.9 Å². The van der Waals surface area contributed by atoms with Crippen LogP contribution in [-0.2, 0) is 12.7 Å². The SMILES string of the molecule is N=C(c1nc(C(F)(F)F)n[nH]1)c1ccc(Cl)cc1NCc1cncnc1. The summed E-state index contributed by atoms with van der Waals surface area (Å²) in [5.41, 5.74) is 1.30. The molecule has 0 aliphatic rings. The largest absolute Gasteiger partial charge is 0.453 e. The highest BCUT2D eigenvalue weighted by Crippen LogP contribution is 2.27. The molecule has 0 atom stereocenters. The van der Waals surface area contributed by atoms with Gasteiger partial charge in [0.25, 0.3) is 5.82 Å². The van der Waals surface area contributed by atoms with Gasteiger partial charge in [-0.3, -0.25) is 10.5 Å². The van der Waals surface area contributed by atoms with Gasteiger partial charge in [0, 0.05) is 40.8 Å². The van der Waals surface area contributed by atoms with Crippen molar-refractivity contribution in [1.82, 2.24) is 25.1 Å². The Balaban J connectivity index is 1.87. The molecule has 0 bridgehead atoms. The molecular weight excluding hydrogens is 371 g/mol. The smallest absolute Gasteiger partial charge is 0.380 e. The van der Waals surface area contributed by atoms with Crippen LogP contribution in [0.1, 0.15) is 22.8 Å². The number of nitrogens with one attached hydrogen (secondary N) is 3. The number of H-pyrrole nitrogens is 1. The van der Waals surface area contributed by atoms with E-state index in [1.54, 1.807) is 18.5 Å². The van der Waals surface area contributed by atoms with Crippen LogP contribution in [0, 0.1) is 5.41 Å². The number of hydrogen-bond donors (Lipinski definition) is 3. The minimum atomic E-state index is -4.69. The first-order chi connectivity index (χ1) is 12.3. The molecule has 0 saturated carbocycles. The molecule has 0 aliphatic carbocycles. The van der Waals surface area contributed by atoms with Gasteiger partial charge in [-0.05, 0) is 18.2 Å². The molecule has 0 saturated heterocycles. The van der Waals surface area contributed by atoms with Gasteiger partial charge in [0.2, 0.25) is 0 Å². The first kappa shape index (κ1) is 17.8. The minimum absolute atomic E-state index is 0.253. The van der Waals surface area contributed by atoms with E-state index in [2.05, 4.69) is 30.5 Å². The van der Waals surface area contributed by atoms with Gasteiger partial charge in [-0.25, -0.2) is 15.0 Å². The molecule has 0 fully saturated rings. The molecule has 0 amide bonds. The van der Waals surface area contributed by atoms with E-state index in [1.807, 2.05) is 0 Å². The highest BCUT2D eigenvalue weighted by molar-refractivity contribution is 6.31. The van der Waals surface area contributed by atoms with Crippen molar-refractivity contribution in [3.8, 4) is 0 Å². The van der Waals surface area contributed by atoms with E-state index in [-0.39, 0.29) is 11.5 Å². The second kappa shape index (κ2) is 7.08. The standard InChI is InChI=1S/C15H11ClF3N7/c16-9-1-2-10(11(3-9)23-6-8-4-21-7-22-5-8)12(20)13-24-14(26-25-13)15(17,18)19/h1-5,7,20,23H,6H2,(H,24,25,26). The number of hydrogen-bond acceptors (Lipinski definition) is 6. The third kappa shape index (κ3) is 3.97. The van der Waals surface area contributed by atoms with Gasteiger partial charge < -0.3 is 5.32 Å². The number of aromatic nitrogens is 5. The van der Waals surface area contributed by atoms with Crippen LogP contribution < -0.4 is 5.32 Å². The molecular formula is C15H11ClF3N7. The van der Waals surface area contributed by atoms with Gasteiger partial charge >= 0.3 is 6.18 Å². The number of aromatic amines is 1. The first-order valence-corrected chi connectivity index (χ1v) is 7.58. The van der Waals surface area contributed by atoms with Gasteiger partial charge in [0.05, 0.1) is 0 Å². The molecule has 0 unspecified atom stereocenters. The lowest BCUT2D eigenvalue weighted by atomic mass is 10.1. The Morgan fingerprint density at radius 3 is 2.62 bits per heavy atom. The summed E-state index contributed by atoms with van der Waals surface area (Å²) in [5, 5.41) is 16.9. The average Bonchev–Trinajstić information content (AvgIpc) is 3.11. The summed E-state index contributed by atoms with van der Waals surface area (Å²) in [4.78, 5) is 11.1. The van der Waals surface area contributed by atoms with E-state index in [0.717, 1.165) is 5.56 Å². The van der Waals surface area contributed by atoms with Crippen molar-refractivity contribution in [2.75, 3.05) is 5.32 Å². The molecule has 0 radical (unpaired) electrons. The topological polar surface area (TPSA) is 103 Å². The zero-order chi connectivity index (χ0) is 18.7. The van der Waals surface area contributed by atoms with Crippen molar-refractivity contribution >= 4 is 23.0 Å². The number of halogens is 4. The molecule has 3 rings (SSSR count). The van der Waals surface area contributed by atoms with Gasteiger partial charge in [-0.15, -0.1) is 5.10 Å². The van der Waals surface area contributed by atoms with Crippen LogP contribution in [0.25, 0.3) is 0 Å². The van der Waals surface area contributed by atoms with Crippen molar-refractivity contribution < 1.29 is 13.2 Å². The number of nitrogens with zero attached hydrogens (tertiary/aromatic N) is 4. The van der Waals surface area contributed by atoms with E-state index in [0.29, 0.717) is 22.8 Å². The summed E-state index contributed by atoms with van der Waals surface area (Å²) in [6.45, 7) is 0.339. The average molecular weight is 382 g/mol. The third-order valence-electron chi connectivity index (χ3n) is 3.32. The second-order valence-corrected chi connectivity index (χ2v) is 5.61. The molecule has 2 aromatic heterocycles. The van der Waals surface area contributed by atoms with Crippen LogP contribution in [0.15, 0.2) is 36.9 Å². The van der Waals surface area contributed by atoms with E-state index in [4.69, 9.17) is 17.0 Å². The third-order valence-corrected chi connectivity index (χ3v) is 3.56. The molecule has 11 heteroatoms. The first-order valence-electron chi connectivity index (χ1n) is 7.21. The van der Waals surface area contributed by atoms with Crippen molar-refractivity contribution in [3.63, 3.8) is 0 Å². The quantitative estimate of drug-likeness (QED) is 0.588. The number of benzene rings is 1. The Morgan fingerprint density at radius 2 is 1.96 bits per heavy atom.